The quantitative estimate of drug-likeness (QED) is 0.390. The van der Waals surface area contributed by atoms with Gasteiger partial charge in [-0.25, -0.2) is 4.98 Å². The van der Waals surface area contributed by atoms with Crippen LogP contribution in [-0.4, -0.2) is 11.2 Å². The Bertz CT molecular complexity index is 1120. The van der Waals surface area contributed by atoms with Gasteiger partial charge in [0.2, 0.25) is 5.89 Å². The van der Waals surface area contributed by atoms with Crippen molar-refractivity contribution in [1.29, 1.82) is 0 Å². The highest BCUT2D eigenvalue weighted by atomic mass is 16.4. The third kappa shape index (κ3) is 3.66. The van der Waals surface area contributed by atoms with Gasteiger partial charge in [-0.2, -0.15) is 0 Å². The highest BCUT2D eigenvalue weighted by molar-refractivity contribution is 5.88. The van der Waals surface area contributed by atoms with Crippen LogP contribution < -0.4 is 0 Å². The molecule has 28 heavy (non-hydrogen) atoms. The van der Waals surface area contributed by atoms with Crippen LogP contribution in [0.15, 0.2) is 75.8 Å². The van der Waals surface area contributed by atoms with E-state index in [0.717, 1.165) is 45.8 Å². The van der Waals surface area contributed by atoms with E-state index in [-0.39, 0.29) is 0 Å². The Hall–Kier alpha value is -3.42. The summed E-state index contributed by atoms with van der Waals surface area (Å²) < 4.78 is 6.17. The summed E-state index contributed by atoms with van der Waals surface area (Å²) in [4.78, 5) is 9.51. The molecule has 0 N–H and O–H groups in total. The topological polar surface area (TPSA) is 38.4 Å². The predicted molar refractivity (Wildman–Crippen MR) is 115 cm³/mol. The molecule has 1 aliphatic carbocycles. The van der Waals surface area contributed by atoms with Gasteiger partial charge in [-0.1, -0.05) is 35.9 Å². The van der Waals surface area contributed by atoms with E-state index in [1.807, 2.05) is 54.8 Å². The zero-order valence-electron chi connectivity index (χ0n) is 16.4. The predicted octanol–water partition coefficient (Wildman–Crippen LogP) is 6.52. The van der Waals surface area contributed by atoms with Crippen molar-refractivity contribution in [3.8, 4) is 11.5 Å². The normalized spacial score (nSPS) is 13.3. The molecule has 3 nitrogen and oxygen atoms in total. The molecular weight excluding hydrogens is 344 g/mol. The maximum Gasteiger partial charge on any atom is 0.227 e. The second kappa shape index (κ2) is 7.67. The second-order valence-electron chi connectivity index (χ2n) is 7.04. The lowest BCUT2D eigenvalue weighted by atomic mass is 10.0. The molecule has 138 valence electrons. The molecule has 0 atom stereocenters. The molecule has 4 rings (SSSR count). The molecule has 0 saturated carbocycles. The summed E-state index contributed by atoms with van der Waals surface area (Å²) in [7, 11) is 0. The SMILES string of the molecule is Cc1cc(C)c(N=Cc2nc(-c3ccccc3)oc2C2=CC=C=CC2)c(C)c1. The first kappa shape index (κ1) is 18.0. The lowest BCUT2D eigenvalue weighted by Gasteiger charge is -2.06. The minimum atomic E-state index is 0.605. The summed E-state index contributed by atoms with van der Waals surface area (Å²) >= 11 is 0. The van der Waals surface area contributed by atoms with Crippen LogP contribution in [0.5, 0.6) is 0 Å². The van der Waals surface area contributed by atoms with E-state index in [1.165, 1.54) is 5.56 Å². The first-order valence-electron chi connectivity index (χ1n) is 9.40. The van der Waals surface area contributed by atoms with Crippen LogP contribution in [0.2, 0.25) is 0 Å². The highest BCUT2D eigenvalue weighted by Gasteiger charge is 2.17. The van der Waals surface area contributed by atoms with E-state index < -0.39 is 0 Å². The fourth-order valence-corrected chi connectivity index (χ4v) is 3.48. The number of aliphatic imine (C=N–C) groups is 1. The average molecular weight is 366 g/mol. The molecule has 0 aliphatic heterocycles. The zero-order chi connectivity index (χ0) is 19.5. The number of benzene rings is 2. The Kier molecular flexibility index (Phi) is 4.92. The van der Waals surface area contributed by atoms with Crippen molar-refractivity contribution < 1.29 is 4.42 Å². The third-order valence-corrected chi connectivity index (χ3v) is 4.74. The summed E-state index contributed by atoms with van der Waals surface area (Å²) in [6.07, 6.45) is 8.51. The maximum absolute atomic E-state index is 6.17. The minimum absolute atomic E-state index is 0.605. The van der Waals surface area contributed by atoms with Crippen molar-refractivity contribution in [2.75, 3.05) is 0 Å². The van der Waals surface area contributed by atoms with Crippen molar-refractivity contribution in [1.82, 2.24) is 4.98 Å². The molecule has 0 amide bonds. The van der Waals surface area contributed by atoms with Gasteiger partial charge in [0.05, 0.1) is 11.9 Å². The van der Waals surface area contributed by atoms with Gasteiger partial charge in [-0.15, -0.1) is 5.73 Å². The van der Waals surface area contributed by atoms with Crippen molar-refractivity contribution in [3.05, 3.63) is 94.6 Å². The summed E-state index contributed by atoms with van der Waals surface area (Å²) in [5.41, 5.74) is 10.4. The summed E-state index contributed by atoms with van der Waals surface area (Å²) in [6.45, 7) is 6.28. The molecular formula is C25H22N2O. The van der Waals surface area contributed by atoms with Crippen LogP contribution in [-0.2, 0) is 0 Å². The molecule has 0 spiro atoms. The van der Waals surface area contributed by atoms with Crippen LogP contribution in [0.25, 0.3) is 17.0 Å². The number of hydrogen-bond acceptors (Lipinski definition) is 3. The Morgan fingerprint density at radius 3 is 2.50 bits per heavy atom. The van der Waals surface area contributed by atoms with E-state index in [9.17, 15) is 0 Å². The van der Waals surface area contributed by atoms with E-state index >= 15 is 0 Å². The fourth-order valence-electron chi connectivity index (χ4n) is 3.48. The van der Waals surface area contributed by atoms with Gasteiger partial charge >= 0.3 is 0 Å². The molecule has 1 heterocycles. The Labute approximate surface area is 165 Å². The van der Waals surface area contributed by atoms with Gasteiger partial charge in [0.25, 0.3) is 0 Å². The van der Waals surface area contributed by atoms with Crippen LogP contribution in [0.4, 0.5) is 5.69 Å². The number of aryl methyl sites for hydroxylation is 3. The number of oxazole rings is 1. The van der Waals surface area contributed by atoms with E-state index in [1.54, 1.807) is 0 Å². The number of rotatable bonds is 4. The summed E-state index contributed by atoms with van der Waals surface area (Å²) in [5, 5.41) is 0. The van der Waals surface area contributed by atoms with Crippen LogP contribution >= 0.6 is 0 Å². The zero-order valence-corrected chi connectivity index (χ0v) is 16.4. The molecule has 1 aromatic heterocycles. The average Bonchev–Trinajstić information content (AvgIpc) is 3.13. The van der Waals surface area contributed by atoms with Crippen molar-refractivity contribution in [2.24, 2.45) is 4.99 Å². The Morgan fingerprint density at radius 1 is 1.07 bits per heavy atom. The molecule has 0 radical (unpaired) electrons. The van der Waals surface area contributed by atoms with Crippen LogP contribution in [0.3, 0.4) is 0 Å². The molecule has 0 bridgehead atoms. The van der Waals surface area contributed by atoms with Crippen LogP contribution in [0, 0.1) is 20.8 Å². The molecule has 0 unspecified atom stereocenters. The standard InChI is InChI=1S/C25H22N2O/c1-17-14-18(2)23(19(3)15-17)26-16-22-24(20-10-6-4-7-11-20)28-25(27-22)21-12-8-5-9-13-21/h5-10,12-16H,11H2,1-3H3. The largest absolute Gasteiger partial charge is 0.436 e. The van der Waals surface area contributed by atoms with Crippen molar-refractivity contribution in [3.63, 3.8) is 0 Å². The monoisotopic (exact) mass is 366 g/mol. The summed E-state index contributed by atoms with van der Waals surface area (Å²) in [6, 6.07) is 14.3. The van der Waals surface area contributed by atoms with Gasteiger partial charge < -0.3 is 4.42 Å². The van der Waals surface area contributed by atoms with Gasteiger partial charge in [0.15, 0.2) is 5.76 Å². The fraction of sp³-hybridized carbons (Fsp3) is 0.160. The number of aromatic nitrogens is 1. The Balaban J connectivity index is 1.78. The third-order valence-electron chi connectivity index (χ3n) is 4.74. The van der Waals surface area contributed by atoms with Crippen molar-refractivity contribution in [2.45, 2.75) is 27.2 Å². The second-order valence-corrected chi connectivity index (χ2v) is 7.04. The lowest BCUT2D eigenvalue weighted by molar-refractivity contribution is 0.559. The van der Waals surface area contributed by atoms with E-state index in [2.05, 4.69) is 38.6 Å². The van der Waals surface area contributed by atoms with E-state index in [0.29, 0.717) is 5.89 Å². The molecule has 1 aliphatic rings. The number of allylic oxidation sites excluding steroid dienone is 3. The highest BCUT2D eigenvalue weighted by Crippen LogP contribution is 2.30. The first-order chi connectivity index (χ1) is 13.6. The van der Waals surface area contributed by atoms with Gasteiger partial charge in [0.1, 0.15) is 5.69 Å². The van der Waals surface area contributed by atoms with Gasteiger partial charge in [-0.05, 0) is 62.3 Å². The van der Waals surface area contributed by atoms with Gasteiger partial charge in [0, 0.05) is 17.6 Å². The lowest BCUT2D eigenvalue weighted by Crippen LogP contribution is -1.92. The minimum Gasteiger partial charge on any atom is -0.436 e. The molecule has 0 saturated heterocycles. The Morgan fingerprint density at radius 2 is 1.82 bits per heavy atom. The maximum atomic E-state index is 6.17. The smallest absolute Gasteiger partial charge is 0.227 e. The summed E-state index contributed by atoms with van der Waals surface area (Å²) in [5.74, 6) is 1.37. The van der Waals surface area contributed by atoms with Gasteiger partial charge in [-0.3, -0.25) is 4.99 Å². The molecule has 2 aromatic carbocycles. The first-order valence-corrected chi connectivity index (χ1v) is 9.40. The number of hydrogen-bond donors (Lipinski definition) is 0. The molecule has 3 heteroatoms. The molecule has 0 fully saturated rings. The van der Waals surface area contributed by atoms with E-state index in [4.69, 9.17) is 14.4 Å². The van der Waals surface area contributed by atoms with Crippen LogP contribution in [0.1, 0.15) is 34.6 Å². The van der Waals surface area contributed by atoms with Crippen molar-refractivity contribution >= 4 is 17.5 Å². The molecule has 3 aromatic rings. The number of nitrogens with zero attached hydrogens (tertiary/aromatic N) is 2.